The maximum absolute atomic E-state index is 13.1. The molecule has 1 amide bonds. The van der Waals surface area contributed by atoms with Gasteiger partial charge in [0.05, 0.1) is 19.2 Å². The number of nitrogens with zero attached hydrogens (tertiary/aromatic N) is 3. The van der Waals surface area contributed by atoms with Crippen molar-refractivity contribution in [2.45, 2.75) is 30.6 Å². The predicted molar refractivity (Wildman–Crippen MR) is 131 cm³/mol. The van der Waals surface area contributed by atoms with Crippen molar-refractivity contribution >= 4 is 17.7 Å². The van der Waals surface area contributed by atoms with Crippen LogP contribution < -0.4 is 10.1 Å². The van der Waals surface area contributed by atoms with E-state index in [2.05, 4.69) is 21.6 Å². The van der Waals surface area contributed by atoms with Gasteiger partial charge in [-0.05, 0) is 61.0 Å². The number of carbonyl (C=O) groups excluding carboxylic acids is 1. The molecule has 4 rings (SSSR count). The van der Waals surface area contributed by atoms with Crippen LogP contribution in [0.15, 0.2) is 78.0 Å². The summed E-state index contributed by atoms with van der Waals surface area (Å²) in [6.07, 6.45) is -4.44. The minimum absolute atomic E-state index is 0.0316. The van der Waals surface area contributed by atoms with E-state index < -0.39 is 11.7 Å². The number of methoxy groups -OCH3 is 1. The fourth-order valence-electron chi connectivity index (χ4n) is 3.52. The van der Waals surface area contributed by atoms with Crippen LogP contribution in [0.2, 0.25) is 0 Å². The third kappa shape index (κ3) is 6.06. The molecule has 36 heavy (non-hydrogen) atoms. The van der Waals surface area contributed by atoms with Gasteiger partial charge in [0.15, 0.2) is 11.0 Å². The molecule has 0 atom stereocenters. The van der Waals surface area contributed by atoms with Gasteiger partial charge in [-0.15, -0.1) is 10.2 Å². The highest BCUT2D eigenvalue weighted by molar-refractivity contribution is 7.98. The van der Waals surface area contributed by atoms with Gasteiger partial charge in [0.1, 0.15) is 5.75 Å². The number of hydrogen-bond donors (Lipinski definition) is 1. The molecule has 1 heterocycles. The molecule has 186 valence electrons. The highest BCUT2D eigenvalue weighted by atomic mass is 32.2. The van der Waals surface area contributed by atoms with Crippen molar-refractivity contribution in [1.29, 1.82) is 0 Å². The number of aromatic nitrogens is 3. The Bertz CT molecular complexity index is 1340. The zero-order valence-corrected chi connectivity index (χ0v) is 20.4. The van der Waals surface area contributed by atoms with E-state index in [9.17, 15) is 18.0 Å². The minimum Gasteiger partial charge on any atom is -0.497 e. The van der Waals surface area contributed by atoms with Crippen molar-refractivity contribution in [2.24, 2.45) is 0 Å². The molecule has 0 aliphatic carbocycles. The Labute approximate surface area is 210 Å². The molecule has 1 N–H and O–H groups in total. The van der Waals surface area contributed by atoms with E-state index in [4.69, 9.17) is 4.74 Å². The highest BCUT2D eigenvalue weighted by Crippen LogP contribution is 2.31. The molecule has 10 heteroatoms. The van der Waals surface area contributed by atoms with Crippen molar-refractivity contribution in [1.82, 2.24) is 20.1 Å². The molecule has 0 saturated heterocycles. The van der Waals surface area contributed by atoms with Crippen molar-refractivity contribution in [3.8, 4) is 11.4 Å². The monoisotopic (exact) mass is 512 g/mol. The lowest BCUT2D eigenvalue weighted by Crippen LogP contribution is -2.24. The first-order chi connectivity index (χ1) is 17.2. The Kier molecular flexibility index (Phi) is 7.64. The van der Waals surface area contributed by atoms with E-state index in [1.807, 2.05) is 25.1 Å². The van der Waals surface area contributed by atoms with Crippen LogP contribution in [0.3, 0.4) is 0 Å². The van der Waals surface area contributed by atoms with Gasteiger partial charge in [0.25, 0.3) is 5.91 Å². The van der Waals surface area contributed by atoms with Gasteiger partial charge in [-0.3, -0.25) is 9.36 Å². The molecule has 0 aliphatic rings. The molecular formula is C26H23F3N4O2S. The number of rotatable bonds is 8. The number of halogens is 3. The normalized spacial score (nSPS) is 11.4. The minimum atomic E-state index is -4.44. The third-order valence-electron chi connectivity index (χ3n) is 5.36. The van der Waals surface area contributed by atoms with Crippen LogP contribution in [-0.2, 0) is 18.5 Å². The van der Waals surface area contributed by atoms with Crippen LogP contribution >= 0.6 is 11.8 Å². The van der Waals surface area contributed by atoms with Gasteiger partial charge in [0, 0.05) is 17.0 Å². The fourth-order valence-corrected chi connectivity index (χ4v) is 4.43. The molecule has 0 aliphatic heterocycles. The summed E-state index contributed by atoms with van der Waals surface area (Å²) in [6, 6.07) is 19.4. The molecule has 3 aromatic carbocycles. The number of aryl methyl sites for hydroxylation is 1. The lowest BCUT2D eigenvalue weighted by Gasteiger charge is -2.13. The quantitative estimate of drug-likeness (QED) is 0.301. The lowest BCUT2D eigenvalue weighted by atomic mass is 10.2. The van der Waals surface area contributed by atoms with Crippen LogP contribution in [0.4, 0.5) is 13.2 Å². The molecular weight excluding hydrogens is 489 g/mol. The standard InChI is InChI=1S/C26H23F3N4O2S/c1-17-4-3-5-18(14-17)16-36-25-32-31-23(15-30-24(34)19-6-12-22(35-2)13-7-19)33(25)21-10-8-20(9-11-21)26(27,28)29/h3-14H,15-16H2,1-2H3,(H,30,34). The summed E-state index contributed by atoms with van der Waals surface area (Å²) in [5.41, 5.74) is 2.36. The van der Waals surface area contributed by atoms with Gasteiger partial charge in [-0.2, -0.15) is 13.2 Å². The first kappa shape index (κ1) is 25.3. The highest BCUT2D eigenvalue weighted by Gasteiger charge is 2.30. The zero-order valence-electron chi connectivity index (χ0n) is 19.5. The number of alkyl halides is 3. The summed E-state index contributed by atoms with van der Waals surface area (Å²) in [5.74, 6) is 1.29. The number of hydrogen-bond acceptors (Lipinski definition) is 5. The summed E-state index contributed by atoms with van der Waals surface area (Å²) >= 11 is 1.41. The Morgan fingerprint density at radius 1 is 1.03 bits per heavy atom. The maximum Gasteiger partial charge on any atom is 0.416 e. The van der Waals surface area contributed by atoms with Gasteiger partial charge < -0.3 is 10.1 Å². The van der Waals surface area contributed by atoms with Gasteiger partial charge in [0.2, 0.25) is 0 Å². The molecule has 0 bridgehead atoms. The summed E-state index contributed by atoms with van der Waals surface area (Å²) in [6.45, 7) is 2.03. The molecule has 0 fully saturated rings. The van der Waals surface area contributed by atoms with Crippen molar-refractivity contribution < 1.29 is 22.7 Å². The van der Waals surface area contributed by atoms with Crippen LogP contribution in [0, 0.1) is 6.92 Å². The Morgan fingerprint density at radius 2 is 1.75 bits per heavy atom. The van der Waals surface area contributed by atoms with E-state index in [1.165, 1.54) is 31.0 Å². The average Bonchev–Trinajstić information content (AvgIpc) is 3.28. The van der Waals surface area contributed by atoms with Crippen molar-refractivity contribution in [2.75, 3.05) is 7.11 Å². The molecule has 6 nitrogen and oxygen atoms in total. The van der Waals surface area contributed by atoms with Crippen LogP contribution in [-0.4, -0.2) is 27.8 Å². The molecule has 1 aromatic heterocycles. The van der Waals surface area contributed by atoms with Gasteiger partial charge >= 0.3 is 6.18 Å². The third-order valence-corrected chi connectivity index (χ3v) is 6.36. The Hall–Kier alpha value is -3.79. The summed E-state index contributed by atoms with van der Waals surface area (Å²) < 4.78 is 46.0. The predicted octanol–water partition coefficient (Wildman–Crippen LogP) is 5.83. The molecule has 0 unspecified atom stereocenters. The first-order valence-electron chi connectivity index (χ1n) is 11.0. The number of carbonyl (C=O) groups is 1. The fraction of sp³-hybridized carbons (Fsp3) is 0.192. The van der Waals surface area contributed by atoms with Crippen LogP contribution in [0.25, 0.3) is 5.69 Å². The van der Waals surface area contributed by atoms with E-state index in [0.717, 1.165) is 23.3 Å². The average molecular weight is 513 g/mol. The summed E-state index contributed by atoms with van der Waals surface area (Å²) in [7, 11) is 1.54. The molecule has 0 radical (unpaired) electrons. The van der Waals surface area contributed by atoms with E-state index >= 15 is 0 Å². The smallest absolute Gasteiger partial charge is 0.416 e. The van der Waals surface area contributed by atoms with Crippen LogP contribution in [0.1, 0.15) is 32.9 Å². The zero-order chi connectivity index (χ0) is 25.7. The van der Waals surface area contributed by atoms with E-state index in [0.29, 0.717) is 33.7 Å². The van der Waals surface area contributed by atoms with E-state index in [-0.39, 0.29) is 12.5 Å². The second-order valence-electron chi connectivity index (χ2n) is 7.97. The number of thioether (sulfide) groups is 1. The molecule has 0 saturated carbocycles. The second-order valence-corrected chi connectivity index (χ2v) is 8.91. The van der Waals surface area contributed by atoms with E-state index in [1.54, 1.807) is 28.8 Å². The SMILES string of the molecule is COc1ccc(C(=O)NCc2nnc(SCc3cccc(C)c3)n2-c2ccc(C(F)(F)F)cc2)cc1. The van der Waals surface area contributed by atoms with Gasteiger partial charge in [-0.1, -0.05) is 41.6 Å². The molecule has 0 spiro atoms. The summed E-state index contributed by atoms with van der Waals surface area (Å²) in [4.78, 5) is 12.6. The number of nitrogens with one attached hydrogen (secondary N) is 1. The number of ether oxygens (including phenoxy) is 1. The van der Waals surface area contributed by atoms with Gasteiger partial charge in [-0.25, -0.2) is 0 Å². The number of benzene rings is 3. The molecule has 4 aromatic rings. The Balaban J connectivity index is 1.58. The number of amides is 1. The lowest BCUT2D eigenvalue weighted by molar-refractivity contribution is -0.137. The van der Waals surface area contributed by atoms with Crippen molar-refractivity contribution in [3.05, 3.63) is 101 Å². The Morgan fingerprint density at radius 3 is 2.39 bits per heavy atom. The van der Waals surface area contributed by atoms with Crippen molar-refractivity contribution in [3.63, 3.8) is 0 Å². The first-order valence-corrected chi connectivity index (χ1v) is 12.0. The topological polar surface area (TPSA) is 69.0 Å². The largest absolute Gasteiger partial charge is 0.497 e. The summed E-state index contributed by atoms with van der Waals surface area (Å²) in [5, 5.41) is 11.8. The van der Waals surface area contributed by atoms with Crippen LogP contribution in [0.5, 0.6) is 5.75 Å². The maximum atomic E-state index is 13.1. The second kappa shape index (κ2) is 10.9.